The van der Waals surface area contributed by atoms with Crippen LogP contribution >= 0.6 is 23.2 Å². The second kappa shape index (κ2) is 6.11. The Kier molecular flexibility index (Phi) is 5.24. The molecule has 4 nitrogen and oxygen atoms in total. The van der Waals surface area contributed by atoms with Crippen molar-refractivity contribution >= 4 is 39.0 Å². The lowest BCUT2D eigenvalue weighted by Gasteiger charge is -2.14. The Morgan fingerprint density at radius 2 is 1.95 bits per heavy atom. The molecule has 0 saturated heterocycles. The molecule has 0 fully saturated rings. The van der Waals surface area contributed by atoms with E-state index >= 15 is 0 Å². The molecule has 0 spiro atoms. The van der Waals surface area contributed by atoms with Gasteiger partial charge in [0.2, 0.25) is 0 Å². The molecule has 7 heteroatoms. The Morgan fingerprint density at radius 3 is 2.42 bits per heavy atom. The molecular formula is C12H14Cl2O4S. The Hall–Kier alpha value is -0.780. The number of aromatic carboxylic acids is 1. The molecule has 1 atom stereocenters. The van der Waals surface area contributed by atoms with Crippen LogP contribution in [-0.2, 0) is 9.84 Å². The molecule has 19 heavy (non-hydrogen) atoms. The Labute approximate surface area is 122 Å². The summed E-state index contributed by atoms with van der Waals surface area (Å²) in [4.78, 5) is 10.9. The minimum atomic E-state index is -3.66. The van der Waals surface area contributed by atoms with Gasteiger partial charge in [-0.3, -0.25) is 0 Å². The van der Waals surface area contributed by atoms with E-state index in [4.69, 9.17) is 28.3 Å². The molecule has 0 aliphatic rings. The average Bonchev–Trinajstić information content (AvgIpc) is 2.28. The number of rotatable bonds is 5. The van der Waals surface area contributed by atoms with E-state index in [1.165, 1.54) is 12.1 Å². The first kappa shape index (κ1) is 16.3. The van der Waals surface area contributed by atoms with Crippen LogP contribution < -0.4 is 0 Å². The van der Waals surface area contributed by atoms with Crippen molar-refractivity contribution in [1.82, 2.24) is 0 Å². The van der Waals surface area contributed by atoms with Gasteiger partial charge in [-0.25, -0.2) is 13.2 Å². The van der Waals surface area contributed by atoms with Crippen molar-refractivity contribution in [2.24, 2.45) is 0 Å². The third kappa shape index (κ3) is 3.22. The second-order valence-corrected chi connectivity index (χ2v) is 7.30. The molecule has 0 radical (unpaired) electrons. The van der Waals surface area contributed by atoms with Gasteiger partial charge in [0, 0.05) is 0 Å². The van der Waals surface area contributed by atoms with E-state index in [9.17, 15) is 13.2 Å². The van der Waals surface area contributed by atoms with Crippen LogP contribution in [0.3, 0.4) is 0 Å². The van der Waals surface area contributed by atoms with Gasteiger partial charge >= 0.3 is 5.97 Å². The van der Waals surface area contributed by atoms with Crippen molar-refractivity contribution in [3.63, 3.8) is 0 Å². The number of halogens is 2. The zero-order valence-electron chi connectivity index (χ0n) is 10.5. The number of hydrogen-bond acceptors (Lipinski definition) is 3. The van der Waals surface area contributed by atoms with E-state index in [0.29, 0.717) is 12.8 Å². The first-order chi connectivity index (χ1) is 8.73. The van der Waals surface area contributed by atoms with Gasteiger partial charge < -0.3 is 5.11 Å². The molecular weight excluding hydrogens is 311 g/mol. The van der Waals surface area contributed by atoms with Crippen LogP contribution in [0.2, 0.25) is 10.0 Å². The summed E-state index contributed by atoms with van der Waals surface area (Å²) >= 11 is 11.6. The first-order valence-electron chi connectivity index (χ1n) is 5.68. The minimum Gasteiger partial charge on any atom is -0.478 e. The molecule has 1 rings (SSSR count). The van der Waals surface area contributed by atoms with Crippen LogP contribution in [0.4, 0.5) is 0 Å². The van der Waals surface area contributed by atoms with Crippen molar-refractivity contribution in [1.29, 1.82) is 0 Å². The second-order valence-electron chi connectivity index (χ2n) is 4.18. The van der Waals surface area contributed by atoms with Gasteiger partial charge in [-0.2, -0.15) is 0 Å². The van der Waals surface area contributed by atoms with E-state index in [1.807, 2.05) is 6.92 Å². The molecule has 1 N–H and O–H groups in total. The summed E-state index contributed by atoms with van der Waals surface area (Å²) in [5.41, 5.74) is -0.381. The van der Waals surface area contributed by atoms with E-state index in [1.54, 1.807) is 6.92 Å². The van der Waals surface area contributed by atoms with Gasteiger partial charge in [-0.1, -0.05) is 36.5 Å². The fourth-order valence-electron chi connectivity index (χ4n) is 1.73. The van der Waals surface area contributed by atoms with Gasteiger partial charge in [0.05, 0.1) is 25.8 Å². The highest BCUT2D eigenvalue weighted by molar-refractivity contribution is 7.92. The summed E-state index contributed by atoms with van der Waals surface area (Å²) in [6, 6.07) is 2.49. The Bertz CT molecular complexity index is 596. The highest BCUT2D eigenvalue weighted by Gasteiger charge is 2.28. The number of carboxylic acid groups (broad SMARTS) is 1. The van der Waals surface area contributed by atoms with Crippen LogP contribution in [0.15, 0.2) is 17.0 Å². The van der Waals surface area contributed by atoms with Crippen LogP contribution in [0.5, 0.6) is 0 Å². The monoisotopic (exact) mass is 324 g/mol. The Morgan fingerprint density at radius 1 is 1.37 bits per heavy atom. The topological polar surface area (TPSA) is 71.4 Å². The fraction of sp³-hybridized carbons (Fsp3) is 0.417. The average molecular weight is 325 g/mol. The maximum absolute atomic E-state index is 12.3. The lowest BCUT2D eigenvalue weighted by Crippen LogP contribution is -2.19. The molecule has 0 heterocycles. The largest absolute Gasteiger partial charge is 0.478 e. The number of hydrogen-bond donors (Lipinski definition) is 1. The van der Waals surface area contributed by atoms with Crippen molar-refractivity contribution in [2.45, 2.75) is 36.8 Å². The minimum absolute atomic E-state index is 0.0837. The molecule has 1 unspecified atom stereocenters. The molecule has 0 aromatic heterocycles. The van der Waals surface area contributed by atoms with E-state index < -0.39 is 21.1 Å². The lowest BCUT2D eigenvalue weighted by atomic mass is 10.2. The predicted octanol–water partition coefficient (Wildman–Crippen LogP) is 3.65. The zero-order valence-corrected chi connectivity index (χ0v) is 12.8. The number of carboxylic acids is 1. The van der Waals surface area contributed by atoms with Crippen molar-refractivity contribution in [3.8, 4) is 0 Å². The van der Waals surface area contributed by atoms with Gasteiger partial charge in [0.1, 0.15) is 0 Å². The van der Waals surface area contributed by atoms with Gasteiger partial charge in [0.25, 0.3) is 0 Å². The van der Waals surface area contributed by atoms with Crippen LogP contribution in [0, 0.1) is 0 Å². The lowest BCUT2D eigenvalue weighted by molar-refractivity contribution is 0.0697. The zero-order chi connectivity index (χ0) is 14.8. The standard InChI is InChI=1S/C12H14Cl2O4S/c1-3-4-7(2)19(17,18)9-6-5-8(13)10(11(9)14)12(15)16/h5-7H,3-4H2,1-2H3,(H,15,16). The van der Waals surface area contributed by atoms with Gasteiger partial charge in [-0.15, -0.1) is 0 Å². The van der Waals surface area contributed by atoms with Gasteiger partial charge in [0.15, 0.2) is 9.84 Å². The molecule has 1 aromatic rings. The highest BCUT2D eigenvalue weighted by atomic mass is 35.5. The summed E-state index contributed by atoms with van der Waals surface area (Å²) < 4.78 is 24.6. The maximum Gasteiger partial charge on any atom is 0.338 e. The maximum atomic E-state index is 12.3. The molecule has 106 valence electrons. The smallest absolute Gasteiger partial charge is 0.338 e. The number of sulfone groups is 1. The van der Waals surface area contributed by atoms with Crippen molar-refractivity contribution in [2.75, 3.05) is 0 Å². The summed E-state index contributed by atoms with van der Waals surface area (Å²) in [7, 11) is -3.66. The quantitative estimate of drug-likeness (QED) is 0.897. The fourth-order valence-corrected chi connectivity index (χ4v) is 4.17. The van der Waals surface area contributed by atoms with Gasteiger partial charge in [-0.05, 0) is 25.5 Å². The summed E-state index contributed by atoms with van der Waals surface area (Å²) in [5, 5.41) is 7.97. The summed E-state index contributed by atoms with van der Waals surface area (Å²) in [5.74, 6) is -1.35. The summed E-state index contributed by atoms with van der Waals surface area (Å²) in [6.45, 7) is 3.45. The molecule has 0 amide bonds. The Balaban J connectivity index is 3.45. The molecule has 0 saturated carbocycles. The van der Waals surface area contributed by atoms with Crippen LogP contribution in [0.25, 0.3) is 0 Å². The third-order valence-corrected chi connectivity index (χ3v) is 5.87. The molecule has 1 aromatic carbocycles. The van der Waals surface area contributed by atoms with E-state index in [-0.39, 0.29) is 20.5 Å². The van der Waals surface area contributed by atoms with Crippen LogP contribution in [-0.4, -0.2) is 24.7 Å². The van der Waals surface area contributed by atoms with Crippen molar-refractivity contribution < 1.29 is 18.3 Å². The SMILES string of the molecule is CCCC(C)S(=O)(=O)c1ccc(Cl)c(C(=O)O)c1Cl. The normalized spacial score (nSPS) is 13.3. The number of benzene rings is 1. The molecule has 0 aliphatic heterocycles. The number of carbonyl (C=O) groups is 1. The van der Waals surface area contributed by atoms with E-state index in [2.05, 4.69) is 0 Å². The third-order valence-electron chi connectivity index (χ3n) is 2.80. The summed E-state index contributed by atoms with van der Waals surface area (Å²) in [6.07, 6.45) is 1.18. The molecule has 0 bridgehead atoms. The first-order valence-corrected chi connectivity index (χ1v) is 7.98. The van der Waals surface area contributed by atoms with Crippen molar-refractivity contribution in [3.05, 3.63) is 27.7 Å². The molecule has 0 aliphatic carbocycles. The van der Waals surface area contributed by atoms with Crippen LogP contribution in [0.1, 0.15) is 37.0 Å². The highest BCUT2D eigenvalue weighted by Crippen LogP contribution is 2.33. The van der Waals surface area contributed by atoms with E-state index in [0.717, 1.165) is 0 Å². The predicted molar refractivity (Wildman–Crippen MR) is 75.0 cm³/mol.